The molecule has 0 aliphatic carbocycles. The predicted octanol–water partition coefficient (Wildman–Crippen LogP) is 2.64. The second-order valence-electron chi connectivity index (χ2n) is 7.59. The first-order valence-electron chi connectivity index (χ1n) is 9.34. The van der Waals surface area contributed by atoms with Crippen LogP contribution < -0.4 is 20.1 Å². The van der Waals surface area contributed by atoms with E-state index in [1.807, 2.05) is 51.1 Å². The van der Waals surface area contributed by atoms with Crippen LogP contribution in [0.2, 0.25) is 0 Å². The molecule has 0 aliphatic rings. The normalized spacial score (nSPS) is 12.5. The van der Waals surface area contributed by atoms with E-state index < -0.39 is 15.6 Å². The maximum absolute atomic E-state index is 12.8. The lowest BCUT2D eigenvalue weighted by molar-refractivity contribution is 0.414. The molecule has 7 nitrogen and oxygen atoms in total. The molecule has 0 aromatic heterocycles. The van der Waals surface area contributed by atoms with Gasteiger partial charge in [-0.25, -0.2) is 13.1 Å². The molecular weight excluding hydrogens is 388 g/mol. The van der Waals surface area contributed by atoms with Gasteiger partial charge in [-0.05, 0) is 50.1 Å². The Labute approximate surface area is 173 Å². The minimum atomic E-state index is -3.63. The van der Waals surface area contributed by atoms with Gasteiger partial charge >= 0.3 is 0 Å². The number of nitrogens with one attached hydrogen (secondary N) is 3. The van der Waals surface area contributed by atoms with Crippen molar-refractivity contribution < 1.29 is 13.2 Å². The predicted molar refractivity (Wildman–Crippen MR) is 117 cm³/mol. The van der Waals surface area contributed by atoms with Crippen LogP contribution in [0.1, 0.15) is 31.9 Å². The molecule has 0 radical (unpaired) electrons. The van der Waals surface area contributed by atoms with Crippen LogP contribution in [0, 0.1) is 0 Å². The number of ether oxygens (including phenoxy) is 1. The largest absolute Gasteiger partial charge is 0.497 e. The van der Waals surface area contributed by atoms with Gasteiger partial charge in [-0.15, -0.1) is 0 Å². The van der Waals surface area contributed by atoms with E-state index in [1.54, 1.807) is 32.4 Å². The number of benzene rings is 2. The topological polar surface area (TPSA) is 91.8 Å². The lowest BCUT2D eigenvalue weighted by Gasteiger charge is -2.22. The van der Waals surface area contributed by atoms with Crippen molar-refractivity contribution in [2.75, 3.05) is 14.2 Å². The van der Waals surface area contributed by atoms with Gasteiger partial charge in [0.05, 0.1) is 12.0 Å². The maximum Gasteiger partial charge on any atom is 0.241 e. The second kappa shape index (κ2) is 9.76. The van der Waals surface area contributed by atoms with E-state index in [-0.39, 0.29) is 4.90 Å². The summed E-state index contributed by atoms with van der Waals surface area (Å²) in [6, 6.07) is 14.7. The highest BCUT2D eigenvalue weighted by molar-refractivity contribution is 7.89. The zero-order valence-electron chi connectivity index (χ0n) is 17.6. The minimum Gasteiger partial charge on any atom is -0.497 e. The highest BCUT2D eigenvalue weighted by Gasteiger charge is 2.24. The van der Waals surface area contributed by atoms with Crippen LogP contribution in [0.3, 0.4) is 0 Å². The van der Waals surface area contributed by atoms with Gasteiger partial charge in [0, 0.05) is 25.7 Å². The molecule has 0 amide bonds. The van der Waals surface area contributed by atoms with E-state index >= 15 is 0 Å². The Kier molecular flexibility index (Phi) is 7.64. The summed E-state index contributed by atoms with van der Waals surface area (Å²) < 4.78 is 33.4. The average Bonchev–Trinajstić information content (AvgIpc) is 2.67. The van der Waals surface area contributed by atoms with Gasteiger partial charge in [0.25, 0.3) is 0 Å². The van der Waals surface area contributed by atoms with E-state index in [1.165, 1.54) is 0 Å². The van der Waals surface area contributed by atoms with E-state index in [4.69, 9.17) is 4.74 Å². The Balaban J connectivity index is 2.04. The van der Waals surface area contributed by atoms with E-state index in [0.717, 1.165) is 11.3 Å². The van der Waals surface area contributed by atoms with E-state index in [2.05, 4.69) is 20.3 Å². The summed E-state index contributed by atoms with van der Waals surface area (Å²) in [6.45, 7) is 6.35. The Bertz CT molecular complexity index is 933. The molecule has 0 unspecified atom stereocenters. The molecule has 0 saturated carbocycles. The number of hydrogen-bond acceptors (Lipinski definition) is 4. The summed E-state index contributed by atoms with van der Waals surface area (Å²) in [6.07, 6.45) is 0. The van der Waals surface area contributed by atoms with Gasteiger partial charge in [-0.1, -0.05) is 30.3 Å². The van der Waals surface area contributed by atoms with Crippen LogP contribution in [-0.2, 0) is 23.1 Å². The number of aliphatic imine (C=N–C) groups is 1. The SMILES string of the molecule is CN=C(NCc1ccc(OC)cc1)NCc1ccccc1S(=O)(=O)NC(C)(C)C. The summed E-state index contributed by atoms with van der Waals surface area (Å²) in [5, 5.41) is 6.40. The van der Waals surface area contributed by atoms with Gasteiger partial charge in [0.2, 0.25) is 10.0 Å². The molecule has 2 aromatic rings. The molecule has 0 fully saturated rings. The summed E-state index contributed by atoms with van der Waals surface area (Å²) in [5.41, 5.74) is 1.18. The van der Waals surface area contributed by atoms with Crippen molar-refractivity contribution in [1.82, 2.24) is 15.4 Å². The summed E-state index contributed by atoms with van der Waals surface area (Å²) in [7, 11) is -0.321. The van der Waals surface area contributed by atoms with Crippen LogP contribution in [0.15, 0.2) is 58.4 Å². The van der Waals surface area contributed by atoms with Gasteiger partial charge in [-0.2, -0.15) is 0 Å². The minimum absolute atomic E-state index is 0.257. The molecular formula is C21H30N4O3S. The third-order valence-electron chi connectivity index (χ3n) is 3.99. The number of hydrogen-bond donors (Lipinski definition) is 3. The fourth-order valence-corrected chi connectivity index (χ4v) is 4.36. The number of rotatable bonds is 7. The van der Waals surface area contributed by atoms with Gasteiger partial charge < -0.3 is 15.4 Å². The molecule has 158 valence electrons. The molecule has 8 heteroatoms. The molecule has 2 rings (SSSR count). The first kappa shape index (κ1) is 22.7. The Hall–Kier alpha value is -2.58. The Morgan fingerprint density at radius 2 is 1.62 bits per heavy atom. The van der Waals surface area contributed by atoms with Crippen LogP contribution in [0.25, 0.3) is 0 Å². The third kappa shape index (κ3) is 7.07. The summed E-state index contributed by atoms with van der Waals surface area (Å²) in [4.78, 5) is 4.47. The van der Waals surface area contributed by atoms with Crippen molar-refractivity contribution in [1.29, 1.82) is 0 Å². The number of sulfonamides is 1. The van der Waals surface area contributed by atoms with Crippen LogP contribution >= 0.6 is 0 Å². The van der Waals surface area contributed by atoms with E-state index in [9.17, 15) is 8.42 Å². The van der Waals surface area contributed by atoms with Crippen LogP contribution in [0.5, 0.6) is 5.75 Å². The zero-order valence-corrected chi connectivity index (χ0v) is 18.4. The molecule has 0 bridgehead atoms. The number of methoxy groups -OCH3 is 1. The zero-order chi connectivity index (χ0) is 21.5. The molecule has 0 spiro atoms. The number of guanidine groups is 1. The Morgan fingerprint density at radius 3 is 2.21 bits per heavy atom. The van der Waals surface area contributed by atoms with E-state index in [0.29, 0.717) is 24.6 Å². The second-order valence-corrected chi connectivity index (χ2v) is 9.24. The molecule has 0 atom stereocenters. The lowest BCUT2D eigenvalue weighted by atomic mass is 10.1. The molecule has 0 aliphatic heterocycles. The molecule has 3 N–H and O–H groups in total. The fourth-order valence-electron chi connectivity index (χ4n) is 2.70. The summed E-state index contributed by atoms with van der Waals surface area (Å²) in [5.74, 6) is 1.38. The fraction of sp³-hybridized carbons (Fsp3) is 0.381. The highest BCUT2D eigenvalue weighted by atomic mass is 32.2. The highest BCUT2D eigenvalue weighted by Crippen LogP contribution is 2.17. The average molecular weight is 419 g/mol. The van der Waals surface area contributed by atoms with Crippen molar-refractivity contribution in [2.24, 2.45) is 4.99 Å². The number of nitrogens with zero attached hydrogens (tertiary/aromatic N) is 1. The quantitative estimate of drug-likeness (QED) is 0.475. The van der Waals surface area contributed by atoms with Gasteiger partial charge in [0.15, 0.2) is 5.96 Å². The first-order valence-corrected chi connectivity index (χ1v) is 10.8. The monoisotopic (exact) mass is 418 g/mol. The standard InChI is InChI=1S/C21H30N4O3S/c1-21(2,3)25-29(26,27)19-9-7-6-8-17(19)15-24-20(22-4)23-14-16-10-12-18(28-5)13-11-16/h6-13,25H,14-15H2,1-5H3,(H2,22,23,24). The lowest BCUT2D eigenvalue weighted by Crippen LogP contribution is -2.41. The van der Waals surface area contributed by atoms with Crippen LogP contribution in [0.4, 0.5) is 0 Å². The van der Waals surface area contributed by atoms with Crippen LogP contribution in [-0.4, -0.2) is 34.1 Å². The summed E-state index contributed by atoms with van der Waals surface area (Å²) >= 11 is 0. The molecule has 0 heterocycles. The van der Waals surface area contributed by atoms with Crippen molar-refractivity contribution in [3.05, 3.63) is 59.7 Å². The van der Waals surface area contributed by atoms with Crippen molar-refractivity contribution >= 4 is 16.0 Å². The van der Waals surface area contributed by atoms with Gasteiger partial charge in [-0.3, -0.25) is 4.99 Å². The third-order valence-corrected chi connectivity index (χ3v) is 5.85. The molecule has 0 saturated heterocycles. The molecule has 2 aromatic carbocycles. The van der Waals surface area contributed by atoms with Gasteiger partial charge in [0.1, 0.15) is 5.75 Å². The first-order chi connectivity index (χ1) is 13.6. The smallest absolute Gasteiger partial charge is 0.241 e. The molecule has 29 heavy (non-hydrogen) atoms. The van der Waals surface area contributed by atoms with Crippen molar-refractivity contribution in [3.63, 3.8) is 0 Å². The maximum atomic E-state index is 12.8. The van der Waals surface area contributed by atoms with Crippen molar-refractivity contribution in [3.8, 4) is 5.75 Å². The van der Waals surface area contributed by atoms with Crippen molar-refractivity contribution in [2.45, 2.75) is 44.3 Å². The Morgan fingerprint density at radius 1 is 1.00 bits per heavy atom.